The first-order chi connectivity index (χ1) is 9.52. The zero-order valence-electron chi connectivity index (χ0n) is 11.1. The molecule has 0 radical (unpaired) electrons. The van der Waals surface area contributed by atoms with E-state index in [2.05, 4.69) is 43.2 Å². The molecule has 0 fully saturated rings. The molecule has 3 rings (SSSR count). The third kappa shape index (κ3) is 2.36. The van der Waals surface area contributed by atoms with Gasteiger partial charge in [-0.2, -0.15) is 5.10 Å². The van der Waals surface area contributed by atoms with Crippen molar-refractivity contribution in [3.63, 3.8) is 0 Å². The summed E-state index contributed by atoms with van der Waals surface area (Å²) in [5, 5.41) is 7.57. The van der Waals surface area contributed by atoms with Crippen LogP contribution in [0.2, 0.25) is 0 Å². The molecule has 2 heterocycles. The minimum Gasteiger partial charge on any atom is -0.377 e. The summed E-state index contributed by atoms with van der Waals surface area (Å²) in [5.74, 6) is 0. The quantitative estimate of drug-likeness (QED) is 0.688. The third-order valence-corrected chi connectivity index (χ3v) is 3.86. The van der Waals surface area contributed by atoms with E-state index in [1.165, 1.54) is 0 Å². The van der Waals surface area contributed by atoms with Crippen LogP contribution in [0.3, 0.4) is 0 Å². The Morgan fingerprint density at radius 1 is 1.35 bits per heavy atom. The number of hydrogen-bond donors (Lipinski definition) is 3. The van der Waals surface area contributed by atoms with Gasteiger partial charge in [-0.15, -0.1) is 0 Å². The first-order valence-corrected chi connectivity index (χ1v) is 6.99. The average molecular weight is 336 g/mol. The predicted molar refractivity (Wildman–Crippen MR) is 81.9 cm³/mol. The van der Waals surface area contributed by atoms with Gasteiger partial charge in [-0.05, 0) is 35.0 Å². The number of rotatable bonds is 3. The molecule has 0 aliphatic rings. The van der Waals surface area contributed by atoms with E-state index in [0.717, 1.165) is 26.8 Å². The number of imidazole rings is 1. The molecule has 6 nitrogen and oxygen atoms in total. The lowest BCUT2D eigenvalue weighted by molar-refractivity contribution is 0.765. The Hall–Kier alpha value is -2.02. The van der Waals surface area contributed by atoms with E-state index in [9.17, 15) is 4.79 Å². The van der Waals surface area contributed by atoms with Crippen LogP contribution in [0.4, 0.5) is 5.69 Å². The van der Waals surface area contributed by atoms with Gasteiger partial charge in [0.15, 0.2) is 0 Å². The minimum atomic E-state index is -0.204. The summed E-state index contributed by atoms with van der Waals surface area (Å²) in [7, 11) is 1.89. The molecule has 104 valence electrons. The number of anilines is 1. The van der Waals surface area contributed by atoms with Crippen LogP contribution < -0.4 is 11.0 Å². The Kier molecular flexibility index (Phi) is 3.13. The number of halogens is 1. The fraction of sp³-hybridized carbons (Fsp3) is 0.231. The number of aryl methyl sites for hydroxylation is 1. The van der Waals surface area contributed by atoms with Crippen molar-refractivity contribution >= 4 is 32.7 Å². The number of benzene rings is 1. The Balaban J connectivity index is 1.93. The zero-order valence-corrected chi connectivity index (χ0v) is 12.7. The monoisotopic (exact) mass is 335 g/mol. The molecule has 2 aromatic heterocycles. The van der Waals surface area contributed by atoms with Crippen molar-refractivity contribution in [3.8, 4) is 0 Å². The first-order valence-electron chi connectivity index (χ1n) is 6.19. The number of H-pyrrole nitrogens is 2. The van der Waals surface area contributed by atoms with Crippen LogP contribution in [0.15, 0.2) is 33.8 Å². The second kappa shape index (κ2) is 4.82. The Bertz CT molecular complexity index is 816. The summed E-state index contributed by atoms with van der Waals surface area (Å²) in [6, 6.07) is 3.90. The van der Waals surface area contributed by atoms with Gasteiger partial charge in [0, 0.05) is 23.3 Å². The highest BCUT2D eigenvalue weighted by Crippen LogP contribution is 2.29. The maximum Gasteiger partial charge on any atom is 0.323 e. The van der Waals surface area contributed by atoms with Crippen molar-refractivity contribution in [3.05, 3.63) is 45.0 Å². The molecule has 0 bridgehead atoms. The summed E-state index contributed by atoms with van der Waals surface area (Å²) < 4.78 is 2.67. The summed E-state index contributed by atoms with van der Waals surface area (Å²) in [6.07, 6.45) is 3.81. The lowest BCUT2D eigenvalue weighted by Gasteiger charge is -2.15. The zero-order chi connectivity index (χ0) is 14.3. The van der Waals surface area contributed by atoms with E-state index in [0.29, 0.717) is 0 Å². The molecule has 7 heteroatoms. The molecule has 0 amide bonds. The normalized spacial score (nSPS) is 12.8. The highest BCUT2D eigenvalue weighted by atomic mass is 79.9. The van der Waals surface area contributed by atoms with Gasteiger partial charge in [0.2, 0.25) is 0 Å². The third-order valence-electron chi connectivity index (χ3n) is 3.20. The second-order valence-corrected chi connectivity index (χ2v) is 5.62. The summed E-state index contributed by atoms with van der Waals surface area (Å²) >= 11 is 3.51. The Labute approximate surface area is 123 Å². The van der Waals surface area contributed by atoms with E-state index in [4.69, 9.17) is 0 Å². The average Bonchev–Trinajstić information content (AvgIpc) is 2.95. The predicted octanol–water partition coefficient (Wildman–Crippen LogP) is 2.53. The SMILES string of the molecule is CC(Nc1cc2[nH]c(=O)[nH]c2cc1Br)c1cnn(C)c1. The Morgan fingerprint density at radius 2 is 2.05 bits per heavy atom. The largest absolute Gasteiger partial charge is 0.377 e. The highest BCUT2D eigenvalue weighted by molar-refractivity contribution is 9.10. The number of nitrogens with one attached hydrogen (secondary N) is 3. The highest BCUT2D eigenvalue weighted by Gasteiger charge is 2.11. The van der Waals surface area contributed by atoms with Crippen molar-refractivity contribution in [1.82, 2.24) is 19.7 Å². The lowest BCUT2D eigenvalue weighted by Crippen LogP contribution is -2.06. The number of aromatic amines is 2. The van der Waals surface area contributed by atoms with Crippen molar-refractivity contribution in [2.75, 3.05) is 5.32 Å². The van der Waals surface area contributed by atoms with Crippen molar-refractivity contribution < 1.29 is 0 Å². The molecule has 0 aliphatic carbocycles. The molecule has 3 N–H and O–H groups in total. The van der Waals surface area contributed by atoms with Gasteiger partial charge >= 0.3 is 5.69 Å². The van der Waals surface area contributed by atoms with E-state index in [1.54, 1.807) is 4.68 Å². The molecule has 1 unspecified atom stereocenters. The number of fused-ring (bicyclic) bond motifs is 1. The number of hydrogen-bond acceptors (Lipinski definition) is 3. The van der Waals surface area contributed by atoms with Crippen molar-refractivity contribution in [2.45, 2.75) is 13.0 Å². The van der Waals surface area contributed by atoms with Crippen LogP contribution in [-0.4, -0.2) is 19.7 Å². The fourth-order valence-corrected chi connectivity index (χ4v) is 2.60. The number of aromatic nitrogens is 4. The number of nitrogens with zero attached hydrogens (tertiary/aromatic N) is 2. The molecular formula is C13H14BrN5O. The molecule has 0 saturated heterocycles. The summed E-state index contributed by atoms with van der Waals surface area (Å²) in [5.41, 5.74) is 3.37. The van der Waals surface area contributed by atoms with E-state index in [1.807, 2.05) is 31.6 Å². The fourth-order valence-electron chi connectivity index (χ4n) is 2.15. The topological polar surface area (TPSA) is 78.5 Å². The summed E-state index contributed by atoms with van der Waals surface area (Å²) in [6.45, 7) is 2.06. The van der Waals surface area contributed by atoms with Gasteiger partial charge in [0.1, 0.15) is 0 Å². The molecular weight excluding hydrogens is 322 g/mol. The molecule has 1 atom stereocenters. The molecule has 0 aliphatic heterocycles. The maximum absolute atomic E-state index is 11.3. The standard InChI is InChI=1S/C13H14BrN5O/c1-7(8-5-15-19(2)6-8)16-10-4-12-11(3-9(10)14)17-13(20)18-12/h3-7,16H,1-2H3,(H2,17,18,20). The molecule has 20 heavy (non-hydrogen) atoms. The van der Waals surface area contributed by atoms with Crippen LogP contribution in [0.1, 0.15) is 18.5 Å². The molecule has 1 aromatic carbocycles. The van der Waals surface area contributed by atoms with Crippen LogP contribution in [0, 0.1) is 0 Å². The van der Waals surface area contributed by atoms with Crippen LogP contribution in [0.5, 0.6) is 0 Å². The molecule has 0 spiro atoms. The van der Waals surface area contributed by atoms with Gasteiger partial charge in [0.25, 0.3) is 0 Å². The van der Waals surface area contributed by atoms with Gasteiger partial charge in [-0.25, -0.2) is 4.79 Å². The molecule has 0 saturated carbocycles. The summed E-state index contributed by atoms with van der Waals surface area (Å²) in [4.78, 5) is 16.8. The maximum atomic E-state index is 11.3. The van der Waals surface area contributed by atoms with Crippen LogP contribution in [0.25, 0.3) is 11.0 Å². The second-order valence-electron chi connectivity index (χ2n) is 4.77. The van der Waals surface area contributed by atoms with E-state index < -0.39 is 0 Å². The van der Waals surface area contributed by atoms with Crippen LogP contribution >= 0.6 is 15.9 Å². The van der Waals surface area contributed by atoms with Gasteiger partial charge in [-0.3, -0.25) is 4.68 Å². The smallest absolute Gasteiger partial charge is 0.323 e. The van der Waals surface area contributed by atoms with Gasteiger partial charge in [0.05, 0.1) is 29.0 Å². The minimum absolute atomic E-state index is 0.114. The molecule has 3 aromatic rings. The first kappa shape index (κ1) is 13.0. The van der Waals surface area contributed by atoms with Crippen molar-refractivity contribution in [1.29, 1.82) is 0 Å². The van der Waals surface area contributed by atoms with Crippen LogP contribution in [-0.2, 0) is 7.05 Å². The van der Waals surface area contributed by atoms with Gasteiger partial charge < -0.3 is 15.3 Å². The van der Waals surface area contributed by atoms with E-state index >= 15 is 0 Å². The lowest BCUT2D eigenvalue weighted by atomic mass is 10.1. The van der Waals surface area contributed by atoms with E-state index in [-0.39, 0.29) is 11.7 Å². The Morgan fingerprint density at radius 3 is 2.70 bits per heavy atom. The van der Waals surface area contributed by atoms with Gasteiger partial charge in [-0.1, -0.05) is 0 Å². The van der Waals surface area contributed by atoms with Crippen molar-refractivity contribution in [2.24, 2.45) is 7.05 Å².